The SMILES string of the molecule is O=C(NCc1ccc(S(=O)(=O)N2CCCCC2)cc1)c1cc(F)cc2nccnc12. The van der Waals surface area contributed by atoms with Crippen molar-refractivity contribution in [3.05, 3.63) is 65.7 Å². The number of aromatic nitrogens is 2. The van der Waals surface area contributed by atoms with Crippen molar-refractivity contribution >= 4 is 27.0 Å². The van der Waals surface area contributed by atoms with E-state index in [0.29, 0.717) is 24.1 Å². The third-order valence-electron chi connectivity index (χ3n) is 5.11. The number of rotatable bonds is 5. The summed E-state index contributed by atoms with van der Waals surface area (Å²) in [5, 5.41) is 2.72. The highest BCUT2D eigenvalue weighted by atomic mass is 32.2. The molecule has 156 valence electrons. The first-order valence-electron chi connectivity index (χ1n) is 9.73. The van der Waals surface area contributed by atoms with Gasteiger partial charge in [0.05, 0.1) is 16.0 Å². The van der Waals surface area contributed by atoms with Crippen molar-refractivity contribution < 1.29 is 17.6 Å². The van der Waals surface area contributed by atoms with Gasteiger partial charge in [0, 0.05) is 38.1 Å². The second-order valence-corrected chi connectivity index (χ2v) is 9.11. The van der Waals surface area contributed by atoms with Crippen LogP contribution in [0.15, 0.2) is 53.7 Å². The van der Waals surface area contributed by atoms with E-state index in [1.807, 2.05) is 0 Å². The molecule has 1 amide bonds. The standard InChI is InChI=1S/C21H21FN4O3S/c22-16-12-18(20-19(13-16)23-8-9-24-20)21(27)25-14-15-4-6-17(7-5-15)30(28,29)26-10-2-1-3-11-26/h4-9,12-13H,1-3,10-11,14H2,(H,25,27). The predicted octanol–water partition coefficient (Wildman–Crippen LogP) is 2.87. The first-order chi connectivity index (χ1) is 14.4. The van der Waals surface area contributed by atoms with Crippen LogP contribution in [0.25, 0.3) is 11.0 Å². The molecule has 0 atom stereocenters. The van der Waals surface area contributed by atoms with E-state index in [1.54, 1.807) is 24.3 Å². The Morgan fingerprint density at radius 3 is 2.47 bits per heavy atom. The van der Waals surface area contributed by atoms with Gasteiger partial charge in [0.1, 0.15) is 11.3 Å². The Bertz CT molecular complexity index is 1180. The molecule has 0 unspecified atom stereocenters. The Kier molecular flexibility index (Phi) is 5.74. The largest absolute Gasteiger partial charge is 0.348 e. The summed E-state index contributed by atoms with van der Waals surface area (Å²) in [5.74, 6) is -1.05. The Morgan fingerprint density at radius 2 is 1.73 bits per heavy atom. The number of hydrogen-bond donors (Lipinski definition) is 1. The van der Waals surface area contributed by atoms with Crippen LogP contribution in [0.4, 0.5) is 4.39 Å². The summed E-state index contributed by atoms with van der Waals surface area (Å²) in [4.78, 5) is 21.0. The fourth-order valence-corrected chi connectivity index (χ4v) is 5.04. The minimum atomic E-state index is -3.49. The summed E-state index contributed by atoms with van der Waals surface area (Å²) >= 11 is 0. The third kappa shape index (κ3) is 4.17. The maximum Gasteiger partial charge on any atom is 0.253 e. The Balaban J connectivity index is 1.46. The summed E-state index contributed by atoms with van der Waals surface area (Å²) in [6.45, 7) is 1.26. The monoisotopic (exact) mass is 428 g/mol. The summed E-state index contributed by atoms with van der Waals surface area (Å²) in [7, 11) is -3.49. The molecule has 2 heterocycles. The number of nitrogens with one attached hydrogen (secondary N) is 1. The molecule has 0 aliphatic carbocycles. The van der Waals surface area contributed by atoms with Crippen LogP contribution in [0.1, 0.15) is 35.2 Å². The average Bonchev–Trinajstić information content (AvgIpc) is 2.77. The van der Waals surface area contributed by atoms with Gasteiger partial charge in [-0.2, -0.15) is 4.31 Å². The molecule has 3 aromatic rings. The number of sulfonamides is 1. The van der Waals surface area contributed by atoms with Crippen molar-refractivity contribution in [1.82, 2.24) is 19.6 Å². The molecule has 0 saturated carbocycles. The molecule has 0 bridgehead atoms. The van der Waals surface area contributed by atoms with E-state index in [0.717, 1.165) is 30.9 Å². The number of halogens is 1. The van der Waals surface area contributed by atoms with Crippen LogP contribution in [-0.4, -0.2) is 41.7 Å². The van der Waals surface area contributed by atoms with Gasteiger partial charge in [0.15, 0.2) is 0 Å². The number of carbonyl (C=O) groups excluding carboxylic acids is 1. The molecule has 1 aliphatic heterocycles. The van der Waals surface area contributed by atoms with Gasteiger partial charge in [0.2, 0.25) is 10.0 Å². The Hall–Kier alpha value is -2.91. The van der Waals surface area contributed by atoms with E-state index in [9.17, 15) is 17.6 Å². The van der Waals surface area contributed by atoms with E-state index in [-0.39, 0.29) is 17.0 Å². The second kappa shape index (κ2) is 8.45. The maximum atomic E-state index is 13.8. The van der Waals surface area contributed by atoms with Crippen LogP contribution in [-0.2, 0) is 16.6 Å². The van der Waals surface area contributed by atoms with E-state index in [4.69, 9.17) is 0 Å². The quantitative estimate of drug-likeness (QED) is 0.675. The van der Waals surface area contributed by atoms with Crippen molar-refractivity contribution in [2.75, 3.05) is 13.1 Å². The third-order valence-corrected chi connectivity index (χ3v) is 7.03. The van der Waals surface area contributed by atoms with Crippen LogP contribution in [0.3, 0.4) is 0 Å². The Labute approximate surface area is 174 Å². The lowest BCUT2D eigenvalue weighted by Gasteiger charge is -2.25. The van der Waals surface area contributed by atoms with Crippen LogP contribution >= 0.6 is 0 Å². The zero-order valence-corrected chi connectivity index (χ0v) is 17.0. The second-order valence-electron chi connectivity index (χ2n) is 7.17. The number of nitrogens with zero attached hydrogens (tertiary/aromatic N) is 3. The van der Waals surface area contributed by atoms with Gasteiger partial charge < -0.3 is 5.32 Å². The molecule has 1 saturated heterocycles. The fraction of sp³-hybridized carbons (Fsp3) is 0.286. The van der Waals surface area contributed by atoms with E-state index in [2.05, 4.69) is 15.3 Å². The fourth-order valence-electron chi connectivity index (χ4n) is 3.52. The highest BCUT2D eigenvalue weighted by Crippen LogP contribution is 2.21. The molecule has 9 heteroatoms. The molecule has 30 heavy (non-hydrogen) atoms. The molecule has 2 aromatic carbocycles. The van der Waals surface area contributed by atoms with Gasteiger partial charge in [0.25, 0.3) is 5.91 Å². The smallest absolute Gasteiger partial charge is 0.253 e. The number of hydrogen-bond acceptors (Lipinski definition) is 5. The minimum Gasteiger partial charge on any atom is -0.348 e. The molecule has 1 N–H and O–H groups in total. The summed E-state index contributed by atoms with van der Waals surface area (Å²) in [6, 6.07) is 8.78. The zero-order valence-electron chi connectivity index (χ0n) is 16.2. The topological polar surface area (TPSA) is 92.3 Å². The lowest BCUT2D eigenvalue weighted by molar-refractivity contribution is 0.0952. The number of carbonyl (C=O) groups is 1. The van der Waals surface area contributed by atoms with Gasteiger partial charge in [-0.1, -0.05) is 18.6 Å². The van der Waals surface area contributed by atoms with Crippen molar-refractivity contribution in [3.63, 3.8) is 0 Å². The highest BCUT2D eigenvalue weighted by molar-refractivity contribution is 7.89. The number of benzene rings is 2. The zero-order chi connectivity index (χ0) is 21.1. The van der Waals surface area contributed by atoms with Gasteiger partial charge in [-0.05, 0) is 36.6 Å². The van der Waals surface area contributed by atoms with Gasteiger partial charge in [-0.3, -0.25) is 14.8 Å². The summed E-state index contributed by atoms with van der Waals surface area (Å²) < 4.78 is 40.8. The molecule has 0 spiro atoms. The molecular formula is C21H21FN4O3S. The van der Waals surface area contributed by atoms with Crippen molar-refractivity contribution in [1.29, 1.82) is 0 Å². The van der Waals surface area contributed by atoms with Gasteiger partial charge in [-0.25, -0.2) is 12.8 Å². The number of fused-ring (bicyclic) bond motifs is 1. The highest BCUT2D eigenvalue weighted by Gasteiger charge is 2.25. The van der Waals surface area contributed by atoms with Crippen molar-refractivity contribution in [2.24, 2.45) is 0 Å². The maximum absolute atomic E-state index is 13.8. The molecular weight excluding hydrogens is 407 g/mol. The first kappa shape index (κ1) is 20.4. The molecule has 7 nitrogen and oxygen atoms in total. The van der Waals surface area contributed by atoms with E-state index < -0.39 is 21.7 Å². The molecule has 1 fully saturated rings. The normalized spacial score (nSPS) is 15.2. The predicted molar refractivity (Wildman–Crippen MR) is 110 cm³/mol. The van der Waals surface area contributed by atoms with E-state index in [1.165, 1.54) is 22.8 Å². The minimum absolute atomic E-state index is 0.0994. The lowest BCUT2D eigenvalue weighted by Crippen LogP contribution is -2.35. The summed E-state index contributed by atoms with van der Waals surface area (Å²) in [6.07, 6.45) is 5.68. The van der Waals surface area contributed by atoms with Crippen LogP contribution in [0.5, 0.6) is 0 Å². The number of amides is 1. The van der Waals surface area contributed by atoms with E-state index >= 15 is 0 Å². The summed E-state index contributed by atoms with van der Waals surface area (Å²) in [5.41, 5.74) is 1.45. The van der Waals surface area contributed by atoms with Crippen molar-refractivity contribution in [3.8, 4) is 0 Å². The lowest BCUT2D eigenvalue weighted by atomic mass is 10.1. The van der Waals surface area contributed by atoms with Crippen LogP contribution in [0, 0.1) is 5.82 Å². The van der Waals surface area contributed by atoms with Crippen molar-refractivity contribution in [2.45, 2.75) is 30.7 Å². The Morgan fingerprint density at radius 1 is 1.03 bits per heavy atom. The number of piperidine rings is 1. The molecule has 0 radical (unpaired) electrons. The average molecular weight is 428 g/mol. The van der Waals surface area contributed by atoms with Gasteiger partial charge in [-0.15, -0.1) is 0 Å². The van der Waals surface area contributed by atoms with Crippen LogP contribution in [0.2, 0.25) is 0 Å². The first-order valence-corrected chi connectivity index (χ1v) is 11.2. The molecule has 1 aromatic heterocycles. The molecule has 1 aliphatic rings. The molecule has 4 rings (SSSR count). The van der Waals surface area contributed by atoms with Gasteiger partial charge >= 0.3 is 0 Å². The van der Waals surface area contributed by atoms with Crippen LogP contribution < -0.4 is 5.32 Å².